The molecule has 3 heteroatoms. The predicted octanol–water partition coefficient (Wildman–Crippen LogP) is 4.41. The molecule has 0 unspecified atom stereocenters. The molecule has 1 aliphatic carbocycles. The Kier molecular flexibility index (Phi) is 5.46. The van der Waals surface area contributed by atoms with E-state index in [4.69, 9.17) is 4.74 Å². The minimum absolute atomic E-state index is 0.161. The van der Waals surface area contributed by atoms with Crippen LogP contribution in [0.4, 0.5) is 0 Å². The number of methoxy groups -OCH3 is 1. The van der Waals surface area contributed by atoms with Gasteiger partial charge in [-0.3, -0.25) is 0 Å². The third kappa shape index (κ3) is 3.83. The molecule has 0 bridgehead atoms. The van der Waals surface area contributed by atoms with E-state index in [0.29, 0.717) is 5.92 Å². The first-order valence-corrected chi connectivity index (χ1v) is 7.68. The van der Waals surface area contributed by atoms with Crippen LogP contribution >= 0.6 is 15.9 Å². The van der Waals surface area contributed by atoms with E-state index in [0.717, 1.165) is 21.4 Å². The maximum Gasteiger partial charge on any atom is 0.133 e. The highest BCUT2D eigenvalue weighted by molar-refractivity contribution is 9.10. The molecule has 0 aliphatic heterocycles. The molecule has 0 aromatic heterocycles. The molecule has 19 heavy (non-hydrogen) atoms. The third-order valence-corrected chi connectivity index (χ3v) is 4.46. The molecule has 104 valence electrons. The van der Waals surface area contributed by atoms with Gasteiger partial charge in [-0.25, -0.2) is 0 Å². The molecule has 1 aromatic carbocycles. The van der Waals surface area contributed by atoms with Crippen LogP contribution < -0.4 is 4.74 Å². The number of ether oxygens (including phenoxy) is 1. The Bertz CT molecular complexity index is 448. The van der Waals surface area contributed by atoms with E-state index >= 15 is 0 Å². The third-order valence-electron chi connectivity index (χ3n) is 3.84. The lowest BCUT2D eigenvalue weighted by Gasteiger charge is -2.23. The number of hydrogen-bond donors (Lipinski definition) is 1. The van der Waals surface area contributed by atoms with E-state index < -0.39 is 0 Å². The Morgan fingerprint density at radius 3 is 2.68 bits per heavy atom. The highest BCUT2D eigenvalue weighted by Crippen LogP contribution is 2.32. The summed E-state index contributed by atoms with van der Waals surface area (Å²) in [4.78, 5) is 0. The number of hydrogen-bond acceptors (Lipinski definition) is 2. The second-order valence-corrected chi connectivity index (χ2v) is 5.96. The van der Waals surface area contributed by atoms with Crippen molar-refractivity contribution in [3.8, 4) is 5.75 Å². The summed E-state index contributed by atoms with van der Waals surface area (Å²) < 4.78 is 6.18. The lowest BCUT2D eigenvalue weighted by molar-refractivity contribution is 0.295. The van der Waals surface area contributed by atoms with Crippen LogP contribution in [0, 0.1) is 5.92 Å². The number of aliphatic hydroxyl groups is 1. The molecule has 0 radical (unpaired) electrons. The summed E-state index contributed by atoms with van der Waals surface area (Å²) in [6, 6.07) is 6.02. The summed E-state index contributed by atoms with van der Waals surface area (Å²) in [5, 5.41) is 9.60. The second kappa shape index (κ2) is 7.11. The van der Waals surface area contributed by atoms with Crippen LogP contribution in [-0.4, -0.2) is 18.8 Å². The first-order chi connectivity index (χ1) is 9.24. The van der Waals surface area contributed by atoms with Crippen molar-refractivity contribution in [3.63, 3.8) is 0 Å². The van der Waals surface area contributed by atoms with Crippen molar-refractivity contribution < 1.29 is 9.84 Å². The van der Waals surface area contributed by atoms with E-state index in [1.54, 1.807) is 7.11 Å². The Hall–Kier alpha value is -0.800. The minimum Gasteiger partial charge on any atom is -0.496 e. The molecule has 0 amide bonds. The van der Waals surface area contributed by atoms with Gasteiger partial charge in [0.2, 0.25) is 0 Å². The summed E-state index contributed by atoms with van der Waals surface area (Å²) in [6.45, 7) is 0.161. The van der Waals surface area contributed by atoms with Crippen LogP contribution in [0.1, 0.15) is 37.7 Å². The SMILES string of the molecule is COc1ccc(C=C(CO)C2CCCCC2)cc1Br. The van der Waals surface area contributed by atoms with Crippen LogP contribution in [0.25, 0.3) is 6.08 Å². The molecule has 0 atom stereocenters. The molecule has 1 N–H and O–H groups in total. The summed E-state index contributed by atoms with van der Waals surface area (Å²) in [7, 11) is 1.66. The monoisotopic (exact) mass is 324 g/mol. The van der Waals surface area contributed by atoms with E-state index in [1.807, 2.05) is 18.2 Å². The van der Waals surface area contributed by atoms with E-state index in [1.165, 1.54) is 32.1 Å². The first kappa shape index (κ1) is 14.6. The molecule has 1 fully saturated rings. The highest BCUT2D eigenvalue weighted by Gasteiger charge is 2.17. The van der Waals surface area contributed by atoms with Gasteiger partial charge >= 0.3 is 0 Å². The van der Waals surface area contributed by atoms with E-state index in [9.17, 15) is 5.11 Å². The van der Waals surface area contributed by atoms with Gasteiger partial charge in [0.1, 0.15) is 5.75 Å². The topological polar surface area (TPSA) is 29.5 Å². The predicted molar refractivity (Wildman–Crippen MR) is 82.3 cm³/mol. The van der Waals surface area contributed by atoms with Gasteiger partial charge in [-0.15, -0.1) is 0 Å². The van der Waals surface area contributed by atoms with Gasteiger partial charge in [-0.2, -0.15) is 0 Å². The van der Waals surface area contributed by atoms with Crippen molar-refractivity contribution in [2.45, 2.75) is 32.1 Å². The normalized spacial score (nSPS) is 17.5. The van der Waals surface area contributed by atoms with Gasteiger partial charge in [0.25, 0.3) is 0 Å². The van der Waals surface area contributed by atoms with Crippen LogP contribution in [0.15, 0.2) is 28.2 Å². The molecular weight excluding hydrogens is 304 g/mol. The molecule has 0 heterocycles. The fraction of sp³-hybridized carbons (Fsp3) is 0.500. The number of halogens is 1. The maximum atomic E-state index is 9.60. The summed E-state index contributed by atoms with van der Waals surface area (Å²) >= 11 is 3.50. The second-order valence-electron chi connectivity index (χ2n) is 5.11. The van der Waals surface area contributed by atoms with E-state index in [-0.39, 0.29) is 6.61 Å². The lowest BCUT2D eigenvalue weighted by Crippen LogP contribution is -2.11. The Labute approximate surface area is 123 Å². The number of rotatable bonds is 4. The van der Waals surface area contributed by atoms with E-state index in [2.05, 4.69) is 22.0 Å². The Morgan fingerprint density at radius 2 is 2.11 bits per heavy atom. The van der Waals surface area contributed by atoms with Crippen molar-refractivity contribution in [3.05, 3.63) is 33.8 Å². The van der Waals surface area contributed by atoms with Gasteiger partial charge in [-0.1, -0.05) is 31.4 Å². The summed E-state index contributed by atoms with van der Waals surface area (Å²) in [6.07, 6.45) is 8.46. The molecule has 1 aliphatic rings. The van der Waals surface area contributed by atoms with Gasteiger partial charge in [0.15, 0.2) is 0 Å². The molecule has 2 rings (SSSR count). The van der Waals surface area contributed by atoms with Gasteiger partial charge in [0.05, 0.1) is 18.2 Å². The Morgan fingerprint density at radius 1 is 1.37 bits per heavy atom. The van der Waals surface area contributed by atoms with Crippen LogP contribution in [0.3, 0.4) is 0 Å². The number of aliphatic hydroxyl groups excluding tert-OH is 1. The zero-order valence-electron chi connectivity index (χ0n) is 11.4. The van der Waals surface area contributed by atoms with Crippen LogP contribution in [0.5, 0.6) is 5.75 Å². The zero-order valence-corrected chi connectivity index (χ0v) is 12.9. The summed E-state index contributed by atoms with van der Waals surface area (Å²) in [5.41, 5.74) is 2.28. The van der Waals surface area contributed by atoms with Gasteiger partial charge < -0.3 is 9.84 Å². The smallest absolute Gasteiger partial charge is 0.133 e. The zero-order chi connectivity index (χ0) is 13.7. The maximum absolute atomic E-state index is 9.60. The number of benzene rings is 1. The highest BCUT2D eigenvalue weighted by atomic mass is 79.9. The standard InChI is InChI=1S/C16H21BrO2/c1-19-16-8-7-12(10-15(16)17)9-14(11-18)13-5-3-2-4-6-13/h7-10,13,18H,2-6,11H2,1H3. The molecule has 1 aromatic rings. The van der Waals surface area contributed by atoms with Crippen molar-refractivity contribution in [1.82, 2.24) is 0 Å². The lowest BCUT2D eigenvalue weighted by atomic mass is 9.83. The van der Waals surface area contributed by atoms with Crippen molar-refractivity contribution in [1.29, 1.82) is 0 Å². The molecular formula is C16H21BrO2. The minimum atomic E-state index is 0.161. The van der Waals surface area contributed by atoms with Crippen LogP contribution in [-0.2, 0) is 0 Å². The first-order valence-electron chi connectivity index (χ1n) is 6.89. The summed E-state index contributed by atoms with van der Waals surface area (Å²) in [5.74, 6) is 1.39. The average molecular weight is 325 g/mol. The fourth-order valence-corrected chi connectivity index (χ4v) is 3.31. The average Bonchev–Trinajstić information content (AvgIpc) is 2.46. The molecule has 1 saturated carbocycles. The van der Waals surface area contributed by atoms with Crippen molar-refractivity contribution in [2.24, 2.45) is 5.92 Å². The molecule has 0 spiro atoms. The van der Waals surface area contributed by atoms with Crippen molar-refractivity contribution >= 4 is 22.0 Å². The largest absolute Gasteiger partial charge is 0.496 e. The van der Waals surface area contributed by atoms with Crippen LogP contribution in [0.2, 0.25) is 0 Å². The van der Waals surface area contributed by atoms with Gasteiger partial charge in [-0.05, 0) is 58.0 Å². The molecule has 2 nitrogen and oxygen atoms in total. The van der Waals surface area contributed by atoms with Gasteiger partial charge in [0, 0.05) is 0 Å². The van der Waals surface area contributed by atoms with Crippen molar-refractivity contribution in [2.75, 3.05) is 13.7 Å². The quantitative estimate of drug-likeness (QED) is 0.888. The fourth-order valence-electron chi connectivity index (χ4n) is 2.75. The molecule has 0 saturated heterocycles. The Balaban J connectivity index is 2.19.